The van der Waals surface area contributed by atoms with Crippen LogP contribution in [0.2, 0.25) is 0 Å². The average molecular weight is 396 g/mol. The van der Waals surface area contributed by atoms with E-state index in [0.717, 1.165) is 41.5 Å². The molecule has 0 atom stereocenters. The summed E-state index contributed by atoms with van der Waals surface area (Å²) in [6.07, 6.45) is 6.99. The van der Waals surface area contributed by atoms with E-state index >= 15 is 0 Å². The second-order valence-corrected chi connectivity index (χ2v) is 6.76. The molecule has 0 saturated carbocycles. The largest absolute Gasteiger partial charge is 0.435 e. The van der Waals surface area contributed by atoms with Crippen molar-refractivity contribution >= 4 is 0 Å². The number of unbranched alkanes of at least 4 members (excludes halogenated alkanes) is 1. The molecule has 0 radical (unpaired) electrons. The van der Waals surface area contributed by atoms with Gasteiger partial charge in [0.05, 0.1) is 0 Å². The fourth-order valence-corrected chi connectivity index (χ4v) is 3.21. The van der Waals surface area contributed by atoms with Crippen LogP contribution in [0, 0.1) is 5.82 Å². The summed E-state index contributed by atoms with van der Waals surface area (Å²) < 4.78 is 43.4. The van der Waals surface area contributed by atoms with Crippen molar-refractivity contribution in [3.05, 3.63) is 90.3 Å². The number of ether oxygens (including phenoxy) is 1. The Morgan fingerprint density at radius 2 is 1.48 bits per heavy atom. The standard InChI is InChI=1S/C25H23F3O/c1-2-3-4-5-6-18-7-16-23(24(26)17-18)21-10-8-19(9-11-21)20-12-14-22(15-13-20)29-25(27)28/h2-3,7-17,25H,4-6H2,1H3. The lowest BCUT2D eigenvalue weighted by Gasteiger charge is -2.09. The molecule has 0 N–H and O–H groups in total. The summed E-state index contributed by atoms with van der Waals surface area (Å²) in [5.41, 5.74) is 4.14. The topological polar surface area (TPSA) is 9.23 Å². The van der Waals surface area contributed by atoms with Gasteiger partial charge in [0.2, 0.25) is 0 Å². The van der Waals surface area contributed by atoms with Gasteiger partial charge in [-0.2, -0.15) is 8.78 Å². The van der Waals surface area contributed by atoms with E-state index in [9.17, 15) is 13.2 Å². The molecule has 0 heterocycles. The Hall–Kier alpha value is -3.01. The zero-order chi connectivity index (χ0) is 20.6. The molecule has 1 nitrogen and oxygen atoms in total. The Morgan fingerprint density at radius 3 is 2.07 bits per heavy atom. The lowest BCUT2D eigenvalue weighted by molar-refractivity contribution is -0.0498. The highest BCUT2D eigenvalue weighted by Crippen LogP contribution is 2.28. The van der Waals surface area contributed by atoms with Crippen molar-refractivity contribution in [1.82, 2.24) is 0 Å². The molecule has 3 aromatic carbocycles. The zero-order valence-corrected chi connectivity index (χ0v) is 16.2. The van der Waals surface area contributed by atoms with Crippen LogP contribution in [0.4, 0.5) is 13.2 Å². The predicted octanol–water partition coefficient (Wildman–Crippen LogP) is 7.66. The predicted molar refractivity (Wildman–Crippen MR) is 112 cm³/mol. The molecule has 0 spiro atoms. The Labute approximate surface area is 169 Å². The summed E-state index contributed by atoms with van der Waals surface area (Å²) in [7, 11) is 0. The molecule has 150 valence electrons. The summed E-state index contributed by atoms with van der Waals surface area (Å²) in [5, 5.41) is 0. The third-order valence-corrected chi connectivity index (χ3v) is 4.71. The summed E-state index contributed by atoms with van der Waals surface area (Å²) in [4.78, 5) is 0. The molecule has 0 amide bonds. The minimum Gasteiger partial charge on any atom is -0.435 e. The molecular weight excluding hydrogens is 373 g/mol. The molecule has 29 heavy (non-hydrogen) atoms. The Kier molecular flexibility index (Phi) is 7.12. The van der Waals surface area contributed by atoms with Crippen molar-refractivity contribution in [1.29, 1.82) is 0 Å². The van der Waals surface area contributed by atoms with Crippen LogP contribution in [0.15, 0.2) is 78.9 Å². The van der Waals surface area contributed by atoms with Gasteiger partial charge in [-0.05, 0) is 66.6 Å². The number of benzene rings is 3. The minimum absolute atomic E-state index is 0.119. The van der Waals surface area contributed by atoms with Crippen LogP contribution in [0.1, 0.15) is 25.3 Å². The number of allylic oxidation sites excluding steroid dienone is 2. The van der Waals surface area contributed by atoms with Gasteiger partial charge in [-0.25, -0.2) is 4.39 Å². The molecule has 0 unspecified atom stereocenters. The fourth-order valence-electron chi connectivity index (χ4n) is 3.21. The summed E-state index contributed by atoms with van der Waals surface area (Å²) in [6.45, 7) is -0.842. The highest BCUT2D eigenvalue weighted by molar-refractivity contribution is 5.71. The maximum Gasteiger partial charge on any atom is 0.387 e. The third-order valence-electron chi connectivity index (χ3n) is 4.71. The van der Waals surface area contributed by atoms with Crippen molar-refractivity contribution in [2.45, 2.75) is 32.8 Å². The molecule has 0 aromatic heterocycles. The molecule has 3 rings (SSSR count). The van der Waals surface area contributed by atoms with Crippen molar-refractivity contribution in [2.24, 2.45) is 0 Å². The first-order chi connectivity index (χ1) is 14.1. The van der Waals surface area contributed by atoms with E-state index in [1.807, 2.05) is 49.4 Å². The molecule has 3 aromatic rings. The zero-order valence-electron chi connectivity index (χ0n) is 16.2. The van der Waals surface area contributed by atoms with Crippen LogP contribution in [-0.2, 0) is 6.42 Å². The lowest BCUT2D eigenvalue weighted by atomic mass is 9.98. The second kappa shape index (κ2) is 9.97. The Morgan fingerprint density at radius 1 is 0.862 bits per heavy atom. The van der Waals surface area contributed by atoms with Crippen molar-refractivity contribution in [3.8, 4) is 28.0 Å². The maximum atomic E-state index is 14.6. The van der Waals surface area contributed by atoms with E-state index in [1.54, 1.807) is 18.2 Å². The average Bonchev–Trinajstić information content (AvgIpc) is 2.72. The van der Waals surface area contributed by atoms with Gasteiger partial charge in [0.15, 0.2) is 0 Å². The number of aryl methyl sites for hydroxylation is 1. The van der Waals surface area contributed by atoms with Crippen molar-refractivity contribution < 1.29 is 17.9 Å². The van der Waals surface area contributed by atoms with Crippen LogP contribution in [-0.4, -0.2) is 6.61 Å². The minimum atomic E-state index is -2.84. The van der Waals surface area contributed by atoms with E-state index in [2.05, 4.69) is 10.8 Å². The number of alkyl halides is 2. The molecule has 0 fully saturated rings. The highest BCUT2D eigenvalue weighted by atomic mass is 19.3. The summed E-state index contributed by atoms with van der Waals surface area (Å²) >= 11 is 0. The van der Waals surface area contributed by atoms with E-state index < -0.39 is 6.61 Å². The van der Waals surface area contributed by atoms with Crippen molar-refractivity contribution in [2.75, 3.05) is 0 Å². The lowest BCUT2D eigenvalue weighted by Crippen LogP contribution is -2.01. The van der Waals surface area contributed by atoms with Gasteiger partial charge in [-0.15, -0.1) is 0 Å². The number of hydrogen-bond acceptors (Lipinski definition) is 1. The molecular formula is C25H23F3O. The van der Waals surface area contributed by atoms with Gasteiger partial charge in [0.1, 0.15) is 11.6 Å². The first kappa shape index (κ1) is 20.7. The van der Waals surface area contributed by atoms with E-state index in [-0.39, 0.29) is 11.6 Å². The van der Waals surface area contributed by atoms with Crippen LogP contribution >= 0.6 is 0 Å². The SMILES string of the molecule is CC=CCCCc1ccc(-c2ccc(-c3ccc(OC(F)F)cc3)cc2)c(F)c1. The fraction of sp³-hybridized carbons (Fsp3) is 0.200. The van der Waals surface area contributed by atoms with Crippen LogP contribution in [0.25, 0.3) is 22.3 Å². The van der Waals surface area contributed by atoms with Gasteiger partial charge in [-0.1, -0.05) is 60.7 Å². The van der Waals surface area contributed by atoms with E-state index in [1.165, 1.54) is 12.1 Å². The number of halogens is 3. The molecule has 4 heteroatoms. The number of hydrogen-bond donors (Lipinski definition) is 0. The van der Waals surface area contributed by atoms with Crippen LogP contribution < -0.4 is 4.74 Å². The summed E-state index contributed by atoms with van der Waals surface area (Å²) in [6, 6.07) is 19.4. The maximum absolute atomic E-state index is 14.6. The van der Waals surface area contributed by atoms with Gasteiger partial charge in [0.25, 0.3) is 0 Å². The second-order valence-electron chi connectivity index (χ2n) is 6.76. The monoisotopic (exact) mass is 396 g/mol. The Bertz CT molecular complexity index is 945. The molecule has 0 aliphatic heterocycles. The van der Waals surface area contributed by atoms with Crippen LogP contribution in [0.5, 0.6) is 5.75 Å². The molecule has 0 saturated heterocycles. The van der Waals surface area contributed by atoms with Gasteiger partial charge < -0.3 is 4.74 Å². The van der Waals surface area contributed by atoms with Crippen molar-refractivity contribution in [3.63, 3.8) is 0 Å². The first-order valence-electron chi connectivity index (χ1n) is 9.62. The third kappa shape index (κ3) is 5.74. The highest BCUT2D eigenvalue weighted by Gasteiger charge is 2.08. The van der Waals surface area contributed by atoms with Crippen LogP contribution in [0.3, 0.4) is 0 Å². The number of rotatable bonds is 8. The quantitative estimate of drug-likeness (QED) is 0.280. The van der Waals surface area contributed by atoms with Gasteiger partial charge in [-0.3, -0.25) is 0 Å². The van der Waals surface area contributed by atoms with E-state index in [0.29, 0.717) is 5.56 Å². The Balaban J connectivity index is 1.71. The van der Waals surface area contributed by atoms with Gasteiger partial charge in [0, 0.05) is 5.56 Å². The van der Waals surface area contributed by atoms with E-state index in [4.69, 9.17) is 0 Å². The molecule has 0 aliphatic carbocycles. The molecule has 0 aliphatic rings. The normalized spacial score (nSPS) is 11.3. The molecule has 0 bridgehead atoms. The first-order valence-corrected chi connectivity index (χ1v) is 9.62. The summed E-state index contributed by atoms with van der Waals surface area (Å²) in [5.74, 6) is -0.108. The van der Waals surface area contributed by atoms with Gasteiger partial charge >= 0.3 is 6.61 Å². The smallest absolute Gasteiger partial charge is 0.387 e.